The molecule has 0 radical (unpaired) electrons. The first-order chi connectivity index (χ1) is 13.3. The van der Waals surface area contributed by atoms with Crippen molar-refractivity contribution in [2.75, 3.05) is 44.2 Å². The number of nitrogens with one attached hydrogen (secondary N) is 1. The Labute approximate surface area is 158 Å². The molecular formula is C20H22N6O. The zero-order chi connectivity index (χ0) is 18.5. The van der Waals surface area contributed by atoms with Gasteiger partial charge in [-0.15, -0.1) is 0 Å². The number of fused-ring (bicyclic) bond motifs is 1. The first-order valence-electron chi connectivity index (χ1n) is 9.17. The monoisotopic (exact) mass is 362 g/mol. The Morgan fingerprint density at radius 3 is 2.56 bits per heavy atom. The Morgan fingerprint density at radius 1 is 0.963 bits per heavy atom. The van der Waals surface area contributed by atoms with Crippen LogP contribution in [0.15, 0.2) is 55.0 Å². The fraction of sp³-hybridized carbons (Fsp3) is 0.300. The molecule has 0 atom stereocenters. The van der Waals surface area contributed by atoms with E-state index in [2.05, 4.69) is 30.1 Å². The van der Waals surface area contributed by atoms with Crippen molar-refractivity contribution < 1.29 is 4.79 Å². The number of hydrogen-bond donors (Lipinski definition) is 1. The molecule has 0 spiro atoms. The number of nitrogens with zero attached hydrogens (tertiary/aromatic N) is 5. The van der Waals surface area contributed by atoms with Crippen molar-refractivity contribution in [1.29, 1.82) is 0 Å². The maximum absolute atomic E-state index is 12.4. The molecule has 27 heavy (non-hydrogen) atoms. The number of amides is 1. The highest BCUT2D eigenvalue weighted by molar-refractivity contribution is 5.97. The summed E-state index contributed by atoms with van der Waals surface area (Å²) >= 11 is 0. The third-order valence-electron chi connectivity index (χ3n) is 4.79. The topological polar surface area (TPSA) is 74.2 Å². The number of hydrogen-bond acceptors (Lipinski definition) is 6. The summed E-state index contributed by atoms with van der Waals surface area (Å²) in [6.45, 7) is 5.15. The number of piperazine rings is 1. The van der Waals surface area contributed by atoms with Gasteiger partial charge in [0.25, 0.3) is 5.91 Å². The number of carbonyl (C=O) groups excluding carboxylic acids is 1. The Hall–Kier alpha value is -3.06. The van der Waals surface area contributed by atoms with E-state index < -0.39 is 0 Å². The van der Waals surface area contributed by atoms with Gasteiger partial charge in [-0.05, 0) is 30.3 Å². The molecular weight excluding hydrogens is 340 g/mol. The lowest BCUT2D eigenvalue weighted by molar-refractivity contribution is 0.0948. The molecule has 1 aromatic carbocycles. The summed E-state index contributed by atoms with van der Waals surface area (Å²) in [4.78, 5) is 29.8. The summed E-state index contributed by atoms with van der Waals surface area (Å²) in [7, 11) is 0. The Balaban J connectivity index is 1.24. The van der Waals surface area contributed by atoms with Gasteiger partial charge in [-0.25, -0.2) is 9.97 Å². The first-order valence-corrected chi connectivity index (χ1v) is 9.17. The molecule has 2 aromatic heterocycles. The van der Waals surface area contributed by atoms with Crippen molar-refractivity contribution >= 4 is 22.8 Å². The van der Waals surface area contributed by atoms with E-state index in [0.717, 1.165) is 49.6 Å². The van der Waals surface area contributed by atoms with Crippen LogP contribution in [-0.4, -0.2) is 65.0 Å². The molecule has 1 amide bonds. The molecule has 4 rings (SSSR count). The van der Waals surface area contributed by atoms with Gasteiger partial charge in [0.05, 0.1) is 5.52 Å². The normalized spacial score (nSPS) is 15.0. The van der Waals surface area contributed by atoms with Crippen molar-refractivity contribution in [3.63, 3.8) is 0 Å². The molecule has 7 nitrogen and oxygen atoms in total. The summed E-state index contributed by atoms with van der Waals surface area (Å²) in [6, 6.07) is 11.3. The van der Waals surface area contributed by atoms with Gasteiger partial charge in [0.2, 0.25) is 5.95 Å². The largest absolute Gasteiger partial charge is 0.351 e. The third-order valence-corrected chi connectivity index (χ3v) is 4.79. The summed E-state index contributed by atoms with van der Waals surface area (Å²) in [5.41, 5.74) is 1.57. The van der Waals surface area contributed by atoms with Crippen molar-refractivity contribution in [2.45, 2.75) is 0 Å². The summed E-state index contributed by atoms with van der Waals surface area (Å²) in [5.74, 6) is 0.744. The second-order valence-corrected chi connectivity index (χ2v) is 6.54. The van der Waals surface area contributed by atoms with Gasteiger partial charge in [-0.3, -0.25) is 14.7 Å². The second-order valence-electron chi connectivity index (χ2n) is 6.54. The van der Waals surface area contributed by atoms with Crippen LogP contribution in [0.2, 0.25) is 0 Å². The standard InChI is InChI=1S/C20H22N6O/c27-19(17-4-5-18-16(15-17)3-1-6-21-18)22-9-10-25-11-13-26(14-12-25)20-23-7-2-8-24-20/h1-8,15H,9-14H2,(H,22,27). The van der Waals surface area contributed by atoms with Crippen LogP contribution >= 0.6 is 0 Å². The SMILES string of the molecule is O=C(NCCN1CCN(c2ncccn2)CC1)c1ccc2ncccc2c1. The van der Waals surface area contributed by atoms with Crippen LogP contribution in [0.3, 0.4) is 0 Å². The smallest absolute Gasteiger partial charge is 0.251 e. The zero-order valence-corrected chi connectivity index (χ0v) is 15.1. The van der Waals surface area contributed by atoms with E-state index in [1.54, 1.807) is 18.6 Å². The molecule has 0 aliphatic carbocycles. The van der Waals surface area contributed by atoms with Gasteiger partial charge in [-0.2, -0.15) is 0 Å². The average Bonchev–Trinajstić information content (AvgIpc) is 2.74. The van der Waals surface area contributed by atoms with E-state index in [1.165, 1.54) is 0 Å². The summed E-state index contributed by atoms with van der Waals surface area (Å²) < 4.78 is 0. The molecule has 7 heteroatoms. The van der Waals surface area contributed by atoms with Gasteiger partial charge in [0, 0.05) is 68.8 Å². The van der Waals surface area contributed by atoms with Gasteiger partial charge in [-0.1, -0.05) is 6.07 Å². The van der Waals surface area contributed by atoms with Crippen LogP contribution in [-0.2, 0) is 0 Å². The van der Waals surface area contributed by atoms with Gasteiger partial charge in [0.1, 0.15) is 0 Å². The van der Waals surface area contributed by atoms with E-state index in [9.17, 15) is 4.79 Å². The molecule has 1 aliphatic heterocycles. The predicted octanol–water partition coefficient (Wildman–Crippen LogP) is 1.58. The van der Waals surface area contributed by atoms with Crippen molar-refractivity contribution in [3.8, 4) is 0 Å². The van der Waals surface area contributed by atoms with Gasteiger partial charge in [0.15, 0.2) is 0 Å². The molecule has 0 bridgehead atoms. The van der Waals surface area contributed by atoms with Crippen LogP contribution in [0, 0.1) is 0 Å². The van der Waals surface area contributed by atoms with E-state index in [0.29, 0.717) is 12.1 Å². The minimum atomic E-state index is -0.0444. The first kappa shape index (κ1) is 17.4. The number of anilines is 1. The Bertz CT molecular complexity index is 909. The predicted molar refractivity (Wildman–Crippen MR) is 105 cm³/mol. The van der Waals surface area contributed by atoms with Gasteiger partial charge < -0.3 is 10.2 Å². The van der Waals surface area contributed by atoms with Gasteiger partial charge >= 0.3 is 0 Å². The molecule has 1 aliphatic rings. The maximum atomic E-state index is 12.4. The summed E-state index contributed by atoms with van der Waals surface area (Å²) in [5, 5.41) is 3.99. The zero-order valence-electron chi connectivity index (χ0n) is 15.1. The summed E-state index contributed by atoms with van der Waals surface area (Å²) in [6.07, 6.45) is 5.30. The number of aromatic nitrogens is 3. The quantitative estimate of drug-likeness (QED) is 0.743. The van der Waals surface area contributed by atoms with E-state index in [1.807, 2.05) is 36.4 Å². The number of pyridine rings is 1. The van der Waals surface area contributed by atoms with Crippen LogP contribution < -0.4 is 10.2 Å². The lowest BCUT2D eigenvalue weighted by Gasteiger charge is -2.34. The van der Waals surface area contributed by atoms with Crippen molar-refractivity contribution in [3.05, 3.63) is 60.6 Å². The van der Waals surface area contributed by atoms with Crippen LogP contribution in [0.4, 0.5) is 5.95 Å². The molecule has 3 heterocycles. The number of carbonyl (C=O) groups is 1. The fourth-order valence-corrected chi connectivity index (χ4v) is 3.27. The molecule has 0 saturated carbocycles. The minimum Gasteiger partial charge on any atom is -0.351 e. The van der Waals surface area contributed by atoms with Crippen molar-refractivity contribution in [2.24, 2.45) is 0 Å². The highest BCUT2D eigenvalue weighted by atomic mass is 16.1. The van der Waals surface area contributed by atoms with E-state index in [4.69, 9.17) is 0 Å². The number of benzene rings is 1. The average molecular weight is 362 g/mol. The highest BCUT2D eigenvalue weighted by Gasteiger charge is 2.18. The third kappa shape index (κ3) is 4.20. The minimum absolute atomic E-state index is 0.0444. The van der Waals surface area contributed by atoms with Crippen LogP contribution in [0.1, 0.15) is 10.4 Å². The molecule has 1 N–H and O–H groups in total. The Morgan fingerprint density at radius 2 is 1.74 bits per heavy atom. The van der Waals surface area contributed by atoms with Crippen LogP contribution in [0.25, 0.3) is 10.9 Å². The molecule has 138 valence electrons. The molecule has 1 fully saturated rings. The molecule has 3 aromatic rings. The number of rotatable bonds is 5. The van der Waals surface area contributed by atoms with E-state index >= 15 is 0 Å². The maximum Gasteiger partial charge on any atom is 0.251 e. The molecule has 0 unspecified atom stereocenters. The Kier molecular flexibility index (Phi) is 5.20. The lowest BCUT2D eigenvalue weighted by Crippen LogP contribution is -2.49. The van der Waals surface area contributed by atoms with Crippen LogP contribution in [0.5, 0.6) is 0 Å². The van der Waals surface area contributed by atoms with Crippen molar-refractivity contribution in [1.82, 2.24) is 25.2 Å². The molecule has 1 saturated heterocycles. The lowest BCUT2D eigenvalue weighted by atomic mass is 10.1. The highest BCUT2D eigenvalue weighted by Crippen LogP contribution is 2.13. The second kappa shape index (κ2) is 8.09. The van der Waals surface area contributed by atoms with E-state index in [-0.39, 0.29) is 5.91 Å². The fourth-order valence-electron chi connectivity index (χ4n) is 3.27.